The van der Waals surface area contributed by atoms with Crippen molar-refractivity contribution in [1.29, 1.82) is 0 Å². The minimum absolute atomic E-state index is 0.0729. The molecule has 1 unspecified atom stereocenters. The standard InChI is InChI=1S/C12H14BrF/c13-11(9-5-3-6-9)8-10-4-1-2-7-12(10)14/h1-2,4,7,9,11H,3,5-6,8H2. The molecule has 76 valence electrons. The number of hydrogen-bond acceptors (Lipinski definition) is 0. The molecular weight excluding hydrogens is 243 g/mol. The van der Waals surface area contributed by atoms with Crippen molar-refractivity contribution in [3.05, 3.63) is 35.6 Å². The SMILES string of the molecule is Fc1ccccc1CC(Br)C1CCC1. The van der Waals surface area contributed by atoms with Gasteiger partial charge >= 0.3 is 0 Å². The smallest absolute Gasteiger partial charge is 0.126 e. The molecular formula is C12H14BrF. The second-order valence-electron chi connectivity index (χ2n) is 4.00. The van der Waals surface area contributed by atoms with E-state index in [1.165, 1.54) is 25.3 Å². The highest BCUT2D eigenvalue weighted by Gasteiger charge is 2.25. The quantitative estimate of drug-likeness (QED) is 0.719. The Bertz CT molecular complexity index is 307. The van der Waals surface area contributed by atoms with Crippen LogP contribution in [0.15, 0.2) is 24.3 Å². The summed E-state index contributed by atoms with van der Waals surface area (Å²) >= 11 is 3.66. The molecule has 1 aliphatic rings. The van der Waals surface area contributed by atoms with Crippen molar-refractivity contribution >= 4 is 15.9 Å². The van der Waals surface area contributed by atoms with Crippen LogP contribution < -0.4 is 0 Å². The van der Waals surface area contributed by atoms with Crippen LogP contribution in [0.1, 0.15) is 24.8 Å². The summed E-state index contributed by atoms with van der Waals surface area (Å²) in [4.78, 5) is 0.452. The fourth-order valence-electron chi connectivity index (χ4n) is 1.84. The van der Waals surface area contributed by atoms with Crippen molar-refractivity contribution in [2.45, 2.75) is 30.5 Å². The van der Waals surface area contributed by atoms with E-state index in [0.29, 0.717) is 4.83 Å². The Hall–Kier alpha value is -0.370. The largest absolute Gasteiger partial charge is 0.207 e. The number of rotatable bonds is 3. The Morgan fingerprint density at radius 3 is 2.64 bits per heavy atom. The normalized spacial score (nSPS) is 19.0. The van der Waals surface area contributed by atoms with Crippen LogP contribution in [-0.4, -0.2) is 4.83 Å². The number of benzene rings is 1. The lowest BCUT2D eigenvalue weighted by atomic mass is 9.81. The zero-order valence-corrected chi connectivity index (χ0v) is 9.63. The summed E-state index contributed by atoms with van der Waals surface area (Å²) in [6.07, 6.45) is 4.75. The van der Waals surface area contributed by atoms with Gasteiger partial charge in [-0.3, -0.25) is 0 Å². The zero-order chi connectivity index (χ0) is 9.97. The molecule has 1 atom stereocenters. The van der Waals surface area contributed by atoms with Gasteiger partial charge < -0.3 is 0 Å². The van der Waals surface area contributed by atoms with Gasteiger partial charge in [0.25, 0.3) is 0 Å². The Kier molecular flexibility index (Phi) is 3.22. The maximum absolute atomic E-state index is 13.3. The van der Waals surface area contributed by atoms with E-state index in [4.69, 9.17) is 0 Å². The Morgan fingerprint density at radius 2 is 2.07 bits per heavy atom. The molecule has 1 aliphatic carbocycles. The van der Waals surface area contributed by atoms with Crippen LogP contribution in [0.3, 0.4) is 0 Å². The predicted molar refractivity (Wildman–Crippen MR) is 60.2 cm³/mol. The molecule has 14 heavy (non-hydrogen) atoms. The van der Waals surface area contributed by atoms with Crippen LogP contribution in [0, 0.1) is 11.7 Å². The summed E-state index contributed by atoms with van der Waals surface area (Å²) in [5, 5.41) is 0. The van der Waals surface area contributed by atoms with Crippen LogP contribution in [0.2, 0.25) is 0 Å². The highest BCUT2D eigenvalue weighted by Crippen LogP contribution is 2.35. The molecule has 2 rings (SSSR count). The molecule has 0 saturated heterocycles. The van der Waals surface area contributed by atoms with Gasteiger partial charge in [-0.2, -0.15) is 0 Å². The predicted octanol–water partition coefficient (Wildman–Crippen LogP) is 3.93. The first-order valence-electron chi connectivity index (χ1n) is 5.15. The lowest BCUT2D eigenvalue weighted by Crippen LogP contribution is -2.24. The summed E-state index contributed by atoms with van der Waals surface area (Å²) in [6, 6.07) is 7.06. The van der Waals surface area contributed by atoms with Gasteiger partial charge in [0, 0.05) is 4.83 Å². The van der Waals surface area contributed by atoms with Crippen molar-refractivity contribution in [2.24, 2.45) is 5.92 Å². The maximum Gasteiger partial charge on any atom is 0.126 e. The lowest BCUT2D eigenvalue weighted by Gasteiger charge is -2.30. The summed E-state index contributed by atoms with van der Waals surface area (Å²) in [5.41, 5.74) is 0.835. The third kappa shape index (κ3) is 2.17. The Morgan fingerprint density at radius 1 is 1.36 bits per heavy atom. The third-order valence-corrected chi connectivity index (χ3v) is 4.11. The monoisotopic (exact) mass is 256 g/mol. The second-order valence-corrected chi connectivity index (χ2v) is 5.18. The van der Waals surface area contributed by atoms with Crippen molar-refractivity contribution < 1.29 is 4.39 Å². The topological polar surface area (TPSA) is 0 Å². The van der Waals surface area contributed by atoms with Crippen molar-refractivity contribution in [1.82, 2.24) is 0 Å². The molecule has 0 amide bonds. The average Bonchev–Trinajstić information content (AvgIpc) is 2.05. The van der Waals surface area contributed by atoms with Gasteiger partial charge in [-0.1, -0.05) is 40.5 Å². The van der Waals surface area contributed by atoms with Gasteiger partial charge in [-0.15, -0.1) is 0 Å². The minimum atomic E-state index is -0.0729. The average molecular weight is 257 g/mol. The van der Waals surface area contributed by atoms with Crippen molar-refractivity contribution in [3.8, 4) is 0 Å². The molecule has 0 aromatic heterocycles. The maximum atomic E-state index is 13.3. The first-order chi connectivity index (χ1) is 6.77. The molecule has 0 nitrogen and oxygen atoms in total. The molecule has 1 fully saturated rings. The van der Waals surface area contributed by atoms with Gasteiger partial charge in [0.15, 0.2) is 0 Å². The molecule has 2 heteroatoms. The molecule has 1 aromatic rings. The van der Waals surface area contributed by atoms with E-state index in [9.17, 15) is 4.39 Å². The number of alkyl halides is 1. The zero-order valence-electron chi connectivity index (χ0n) is 8.05. The van der Waals surface area contributed by atoms with E-state index in [-0.39, 0.29) is 5.82 Å². The van der Waals surface area contributed by atoms with Crippen LogP contribution >= 0.6 is 15.9 Å². The molecule has 1 aromatic carbocycles. The Labute approximate surface area is 92.6 Å². The first kappa shape index (κ1) is 10.2. The van der Waals surface area contributed by atoms with Gasteiger partial charge in [0.2, 0.25) is 0 Å². The van der Waals surface area contributed by atoms with E-state index in [1.807, 2.05) is 12.1 Å². The summed E-state index contributed by atoms with van der Waals surface area (Å²) in [5.74, 6) is 0.686. The van der Waals surface area contributed by atoms with Gasteiger partial charge in [-0.05, 0) is 36.8 Å². The lowest BCUT2D eigenvalue weighted by molar-refractivity contribution is 0.307. The fraction of sp³-hybridized carbons (Fsp3) is 0.500. The van der Waals surface area contributed by atoms with Crippen LogP contribution in [-0.2, 0) is 6.42 Å². The number of hydrogen-bond donors (Lipinski definition) is 0. The van der Waals surface area contributed by atoms with Gasteiger partial charge in [0.05, 0.1) is 0 Å². The van der Waals surface area contributed by atoms with Crippen LogP contribution in [0.4, 0.5) is 4.39 Å². The highest BCUT2D eigenvalue weighted by atomic mass is 79.9. The van der Waals surface area contributed by atoms with Crippen LogP contribution in [0.5, 0.6) is 0 Å². The minimum Gasteiger partial charge on any atom is -0.207 e. The van der Waals surface area contributed by atoms with E-state index in [0.717, 1.165) is 17.9 Å². The number of halogens is 2. The van der Waals surface area contributed by atoms with Crippen LogP contribution in [0.25, 0.3) is 0 Å². The van der Waals surface area contributed by atoms with Crippen molar-refractivity contribution in [3.63, 3.8) is 0 Å². The van der Waals surface area contributed by atoms with E-state index in [2.05, 4.69) is 15.9 Å². The molecule has 0 bridgehead atoms. The molecule has 1 saturated carbocycles. The first-order valence-corrected chi connectivity index (χ1v) is 6.06. The molecule has 0 radical (unpaired) electrons. The highest BCUT2D eigenvalue weighted by molar-refractivity contribution is 9.09. The molecule has 0 N–H and O–H groups in total. The van der Waals surface area contributed by atoms with E-state index < -0.39 is 0 Å². The second kappa shape index (κ2) is 4.43. The van der Waals surface area contributed by atoms with E-state index >= 15 is 0 Å². The third-order valence-electron chi connectivity index (χ3n) is 3.03. The summed E-state index contributed by atoms with van der Waals surface area (Å²) < 4.78 is 13.3. The van der Waals surface area contributed by atoms with Gasteiger partial charge in [-0.25, -0.2) is 4.39 Å². The van der Waals surface area contributed by atoms with Crippen molar-refractivity contribution in [2.75, 3.05) is 0 Å². The van der Waals surface area contributed by atoms with E-state index in [1.54, 1.807) is 6.07 Å². The molecule has 0 spiro atoms. The summed E-state index contributed by atoms with van der Waals surface area (Å²) in [7, 11) is 0. The molecule has 0 heterocycles. The summed E-state index contributed by atoms with van der Waals surface area (Å²) in [6.45, 7) is 0. The molecule has 0 aliphatic heterocycles. The van der Waals surface area contributed by atoms with Gasteiger partial charge in [0.1, 0.15) is 5.82 Å². The Balaban J connectivity index is 1.99. The fourth-order valence-corrected chi connectivity index (χ4v) is 2.72.